The third-order valence-electron chi connectivity index (χ3n) is 4.17. The van der Waals surface area contributed by atoms with Crippen molar-refractivity contribution >= 4 is 11.9 Å². The highest BCUT2D eigenvalue weighted by Gasteiger charge is 2.34. The third-order valence-corrected chi connectivity index (χ3v) is 4.17. The molecular weight excluding hydrogens is 300 g/mol. The van der Waals surface area contributed by atoms with Crippen molar-refractivity contribution in [2.45, 2.75) is 13.1 Å². The Kier molecular flexibility index (Phi) is 3.75. The molecule has 0 unspecified atom stereocenters. The minimum Gasteiger partial charge on any atom is -0.372 e. The van der Waals surface area contributed by atoms with Gasteiger partial charge in [0.1, 0.15) is 5.70 Å². The van der Waals surface area contributed by atoms with Gasteiger partial charge in [0.2, 0.25) is 0 Å². The lowest BCUT2D eigenvalue weighted by Gasteiger charge is -2.30. The van der Waals surface area contributed by atoms with Gasteiger partial charge in [-0.15, -0.1) is 0 Å². The highest BCUT2D eigenvalue weighted by molar-refractivity contribution is 6.11. The van der Waals surface area contributed by atoms with E-state index in [1.54, 1.807) is 4.90 Å². The molecule has 0 aromatic heterocycles. The molecule has 2 aliphatic heterocycles. The zero-order valence-electron chi connectivity index (χ0n) is 13.2. The van der Waals surface area contributed by atoms with Crippen LogP contribution in [-0.2, 0) is 13.1 Å². The first-order valence-corrected chi connectivity index (χ1v) is 7.98. The number of rotatable bonds is 4. The van der Waals surface area contributed by atoms with Crippen molar-refractivity contribution in [3.8, 4) is 0 Å². The van der Waals surface area contributed by atoms with Crippen molar-refractivity contribution in [2.24, 2.45) is 4.99 Å². The molecule has 120 valence electrons. The Hall–Kier alpha value is -3.08. The largest absolute Gasteiger partial charge is 0.372 e. The molecule has 24 heavy (non-hydrogen) atoms. The van der Waals surface area contributed by atoms with Crippen molar-refractivity contribution in [3.63, 3.8) is 0 Å². The maximum Gasteiger partial charge on any atom is 0.350 e. The van der Waals surface area contributed by atoms with Crippen molar-refractivity contribution in [2.75, 3.05) is 6.67 Å². The number of hydrogen-bond acceptors (Lipinski definition) is 3. The van der Waals surface area contributed by atoms with Crippen LogP contribution >= 0.6 is 0 Å². The standard InChI is InChI=1S/C19H18N4O/c24-19-21-18-17(23(19)13-16-9-5-2-6-10-16)11-20-14-22(18)12-15-7-3-1-4-8-15/h1-11,20H,12-14H2. The maximum absolute atomic E-state index is 12.4. The first kappa shape index (κ1) is 14.5. The number of amides is 2. The molecule has 0 bridgehead atoms. The molecule has 2 aromatic carbocycles. The molecule has 0 radical (unpaired) electrons. The number of urea groups is 1. The maximum atomic E-state index is 12.4. The molecule has 0 fully saturated rings. The van der Waals surface area contributed by atoms with Crippen LogP contribution in [0.2, 0.25) is 0 Å². The fourth-order valence-electron chi connectivity index (χ4n) is 2.99. The van der Waals surface area contributed by atoms with E-state index in [4.69, 9.17) is 0 Å². The van der Waals surface area contributed by atoms with Crippen molar-refractivity contribution in [3.05, 3.63) is 83.7 Å². The van der Waals surface area contributed by atoms with E-state index in [0.717, 1.165) is 23.6 Å². The van der Waals surface area contributed by atoms with E-state index >= 15 is 0 Å². The van der Waals surface area contributed by atoms with E-state index in [1.807, 2.05) is 54.7 Å². The van der Waals surface area contributed by atoms with Gasteiger partial charge in [0.05, 0.1) is 13.2 Å². The van der Waals surface area contributed by atoms with Crippen LogP contribution in [0.3, 0.4) is 0 Å². The number of fused-ring (bicyclic) bond motifs is 1. The average molecular weight is 318 g/mol. The van der Waals surface area contributed by atoms with Crippen LogP contribution in [0.5, 0.6) is 0 Å². The molecule has 1 N–H and O–H groups in total. The quantitative estimate of drug-likeness (QED) is 0.943. The molecule has 4 rings (SSSR count). The van der Waals surface area contributed by atoms with Gasteiger partial charge in [-0.3, -0.25) is 4.90 Å². The highest BCUT2D eigenvalue weighted by atomic mass is 16.2. The molecule has 0 atom stereocenters. The van der Waals surface area contributed by atoms with E-state index < -0.39 is 0 Å². The van der Waals surface area contributed by atoms with Crippen molar-refractivity contribution < 1.29 is 4.79 Å². The predicted octanol–water partition coefficient (Wildman–Crippen LogP) is 2.93. The number of carbonyl (C=O) groups is 1. The summed E-state index contributed by atoms with van der Waals surface area (Å²) >= 11 is 0. The van der Waals surface area contributed by atoms with Gasteiger partial charge in [-0.2, -0.15) is 4.99 Å². The van der Waals surface area contributed by atoms with Crippen LogP contribution in [-0.4, -0.2) is 28.3 Å². The van der Waals surface area contributed by atoms with Crippen molar-refractivity contribution in [1.82, 2.24) is 15.1 Å². The topological polar surface area (TPSA) is 47.9 Å². The Labute approximate surface area is 140 Å². The minimum absolute atomic E-state index is 0.207. The number of hydrogen-bond donors (Lipinski definition) is 1. The normalized spacial score (nSPS) is 16.4. The first-order chi connectivity index (χ1) is 11.8. The zero-order chi connectivity index (χ0) is 16.4. The van der Waals surface area contributed by atoms with Crippen LogP contribution < -0.4 is 5.32 Å². The van der Waals surface area contributed by atoms with Crippen LogP contribution in [0.4, 0.5) is 4.79 Å². The average Bonchev–Trinajstić information content (AvgIpc) is 2.94. The lowest BCUT2D eigenvalue weighted by Crippen LogP contribution is -2.43. The molecule has 5 heteroatoms. The summed E-state index contributed by atoms with van der Waals surface area (Å²) in [7, 11) is 0. The van der Waals surface area contributed by atoms with Crippen LogP contribution in [0, 0.1) is 0 Å². The Morgan fingerprint density at radius 3 is 2.21 bits per heavy atom. The Morgan fingerprint density at radius 2 is 1.54 bits per heavy atom. The van der Waals surface area contributed by atoms with Gasteiger partial charge in [0.15, 0.2) is 5.84 Å². The second kappa shape index (κ2) is 6.20. The number of nitrogens with zero attached hydrogens (tertiary/aromatic N) is 3. The van der Waals surface area contributed by atoms with Crippen LogP contribution in [0.25, 0.3) is 0 Å². The Bertz CT molecular complexity index is 799. The summed E-state index contributed by atoms with van der Waals surface area (Å²) in [6, 6.07) is 20.0. The first-order valence-electron chi connectivity index (χ1n) is 7.98. The predicted molar refractivity (Wildman–Crippen MR) is 92.9 cm³/mol. The summed E-state index contributed by atoms with van der Waals surface area (Å²) in [5.74, 6) is 0.749. The number of amidine groups is 1. The second-order valence-electron chi connectivity index (χ2n) is 5.87. The lowest BCUT2D eigenvalue weighted by molar-refractivity contribution is 0.224. The molecule has 2 aromatic rings. The van der Waals surface area contributed by atoms with E-state index in [0.29, 0.717) is 13.2 Å². The fraction of sp³-hybridized carbons (Fsp3) is 0.158. The Balaban J connectivity index is 1.55. The molecule has 0 aliphatic carbocycles. The van der Waals surface area contributed by atoms with Crippen molar-refractivity contribution in [1.29, 1.82) is 0 Å². The van der Waals surface area contributed by atoms with Gasteiger partial charge in [-0.1, -0.05) is 60.7 Å². The smallest absolute Gasteiger partial charge is 0.350 e. The summed E-state index contributed by atoms with van der Waals surface area (Å²) < 4.78 is 0. The molecular formula is C19H18N4O. The van der Waals surface area contributed by atoms with Gasteiger partial charge in [0.25, 0.3) is 0 Å². The molecule has 2 heterocycles. The van der Waals surface area contributed by atoms with Gasteiger partial charge in [-0.25, -0.2) is 4.79 Å². The van der Waals surface area contributed by atoms with Crippen LogP contribution in [0.1, 0.15) is 11.1 Å². The van der Waals surface area contributed by atoms with Gasteiger partial charge in [-0.05, 0) is 11.1 Å². The van der Waals surface area contributed by atoms with Gasteiger partial charge >= 0.3 is 6.03 Å². The third kappa shape index (κ3) is 2.76. The number of nitrogens with one attached hydrogen (secondary N) is 1. The van der Waals surface area contributed by atoms with E-state index in [1.165, 1.54) is 5.56 Å². The second-order valence-corrected chi connectivity index (χ2v) is 5.87. The van der Waals surface area contributed by atoms with E-state index in [9.17, 15) is 4.79 Å². The summed E-state index contributed by atoms with van der Waals surface area (Å²) in [5.41, 5.74) is 3.12. The minimum atomic E-state index is -0.207. The highest BCUT2D eigenvalue weighted by Crippen LogP contribution is 2.24. The molecule has 0 saturated heterocycles. The van der Waals surface area contributed by atoms with Gasteiger partial charge < -0.3 is 10.2 Å². The SMILES string of the molecule is O=C1N=C2C(=CNCN2Cc2ccccc2)N1Cc1ccccc1. The molecule has 2 amide bonds. The fourth-order valence-corrected chi connectivity index (χ4v) is 2.99. The summed E-state index contributed by atoms with van der Waals surface area (Å²) in [6.45, 7) is 1.89. The number of aliphatic imine (C=N–C) groups is 1. The zero-order valence-corrected chi connectivity index (χ0v) is 13.2. The monoisotopic (exact) mass is 318 g/mol. The van der Waals surface area contributed by atoms with Gasteiger partial charge in [0, 0.05) is 12.7 Å². The molecule has 0 saturated carbocycles. The molecule has 0 spiro atoms. The molecule has 2 aliphatic rings. The number of benzene rings is 2. The van der Waals surface area contributed by atoms with E-state index in [-0.39, 0.29) is 6.03 Å². The summed E-state index contributed by atoms with van der Waals surface area (Å²) in [6.07, 6.45) is 1.88. The Morgan fingerprint density at radius 1 is 0.917 bits per heavy atom. The van der Waals surface area contributed by atoms with Crippen LogP contribution in [0.15, 0.2) is 77.6 Å². The number of carbonyl (C=O) groups excluding carboxylic acids is 1. The molecule has 5 nitrogen and oxygen atoms in total. The summed E-state index contributed by atoms with van der Waals surface area (Å²) in [4.78, 5) is 20.5. The lowest BCUT2D eigenvalue weighted by atomic mass is 10.2. The van der Waals surface area contributed by atoms with E-state index in [2.05, 4.69) is 27.3 Å². The summed E-state index contributed by atoms with van der Waals surface area (Å²) in [5, 5.41) is 3.25.